The number of esters is 1. The molecule has 0 spiro atoms. The van der Waals surface area contributed by atoms with Gasteiger partial charge >= 0.3 is 12.1 Å². The second-order valence-corrected chi connectivity index (χ2v) is 6.65. The van der Waals surface area contributed by atoms with E-state index in [4.69, 9.17) is 14.2 Å². The average Bonchev–Trinajstić information content (AvgIpc) is 3.27. The van der Waals surface area contributed by atoms with Crippen LogP contribution in [-0.2, 0) is 20.6 Å². The van der Waals surface area contributed by atoms with Gasteiger partial charge in [0.05, 0.1) is 33.0 Å². The maximum atomic E-state index is 13.9. The molecule has 0 saturated carbocycles. The molecule has 1 heterocycles. The van der Waals surface area contributed by atoms with E-state index in [1.54, 1.807) is 31.2 Å². The van der Waals surface area contributed by atoms with Crippen molar-refractivity contribution < 1.29 is 32.9 Å². The molecule has 0 bridgehead atoms. The number of benzene rings is 2. The van der Waals surface area contributed by atoms with Crippen molar-refractivity contribution in [3.63, 3.8) is 0 Å². The van der Waals surface area contributed by atoms with Crippen LogP contribution in [0.2, 0.25) is 0 Å². The zero-order valence-electron chi connectivity index (χ0n) is 18.3. The van der Waals surface area contributed by atoms with Crippen LogP contribution in [0.5, 0.6) is 5.75 Å². The first kappa shape index (κ1) is 24.7. The number of methoxy groups -OCH3 is 2. The Hall–Kier alpha value is -3.57. The summed E-state index contributed by atoms with van der Waals surface area (Å²) in [6, 6.07) is 9.38. The number of terminal acetylenes is 1. The summed E-state index contributed by atoms with van der Waals surface area (Å²) in [6.07, 6.45) is 4.00. The van der Waals surface area contributed by atoms with Crippen molar-refractivity contribution >= 4 is 12.1 Å². The van der Waals surface area contributed by atoms with Gasteiger partial charge in [0.15, 0.2) is 0 Å². The Morgan fingerprint density at radius 1 is 1.25 bits per heavy atom. The molecule has 8 heteroatoms. The molecule has 1 aliphatic rings. The number of nitrogens with one attached hydrogen (secondary N) is 1. The Morgan fingerprint density at radius 3 is 2.66 bits per heavy atom. The molecule has 1 N–H and O–H groups in total. The van der Waals surface area contributed by atoms with Crippen LogP contribution in [0.3, 0.4) is 0 Å². The molecule has 32 heavy (non-hydrogen) atoms. The highest BCUT2D eigenvalue weighted by Crippen LogP contribution is 2.38. The molecule has 0 aromatic heterocycles. The minimum Gasteiger partial charge on any atom is -0.493 e. The Kier molecular flexibility index (Phi) is 9.51. The number of ether oxygens (including phenoxy) is 4. The van der Waals surface area contributed by atoms with E-state index in [0.29, 0.717) is 35.5 Å². The van der Waals surface area contributed by atoms with Gasteiger partial charge in [-0.05, 0) is 42.3 Å². The van der Waals surface area contributed by atoms with Crippen LogP contribution >= 0.6 is 0 Å². The van der Waals surface area contributed by atoms with E-state index in [2.05, 4.69) is 22.4 Å². The van der Waals surface area contributed by atoms with Crippen molar-refractivity contribution in [2.45, 2.75) is 19.4 Å². The summed E-state index contributed by atoms with van der Waals surface area (Å²) in [7, 11) is 2.57. The maximum Gasteiger partial charge on any atom is 0.406 e. The van der Waals surface area contributed by atoms with Gasteiger partial charge in [-0.1, -0.05) is 12.1 Å². The van der Waals surface area contributed by atoms with Gasteiger partial charge in [0.25, 0.3) is 0 Å². The monoisotopic (exact) mass is 443 g/mol. The van der Waals surface area contributed by atoms with Crippen molar-refractivity contribution in [2.24, 2.45) is 0 Å². The number of rotatable bonds is 7. The quantitative estimate of drug-likeness (QED) is 0.400. The molecule has 1 aliphatic heterocycles. The fourth-order valence-electron chi connectivity index (χ4n) is 3.23. The molecule has 0 saturated heterocycles. The van der Waals surface area contributed by atoms with Crippen LogP contribution in [0.1, 0.15) is 40.1 Å². The third-order valence-electron chi connectivity index (χ3n) is 4.55. The predicted octanol–water partition coefficient (Wildman–Crippen LogP) is 3.65. The summed E-state index contributed by atoms with van der Waals surface area (Å²) in [5.74, 6) is 1.93. The first-order valence-electron chi connectivity index (χ1n) is 9.89. The van der Waals surface area contributed by atoms with E-state index < -0.39 is 24.0 Å². The zero-order valence-corrected chi connectivity index (χ0v) is 18.3. The van der Waals surface area contributed by atoms with Crippen LogP contribution in [-0.4, -0.2) is 46.0 Å². The molecule has 170 valence electrons. The second kappa shape index (κ2) is 12.3. The van der Waals surface area contributed by atoms with Gasteiger partial charge in [-0.3, -0.25) is 0 Å². The van der Waals surface area contributed by atoms with Crippen LogP contribution in [0.25, 0.3) is 0 Å². The molecular weight excluding hydrogens is 417 g/mol. The molecular formula is C24H26FNO6. The van der Waals surface area contributed by atoms with Gasteiger partial charge in [-0.15, -0.1) is 12.3 Å². The van der Waals surface area contributed by atoms with Crippen molar-refractivity contribution in [1.29, 1.82) is 0 Å². The summed E-state index contributed by atoms with van der Waals surface area (Å²) in [4.78, 5) is 23.3. The smallest absolute Gasteiger partial charge is 0.406 e. The van der Waals surface area contributed by atoms with Gasteiger partial charge < -0.3 is 24.3 Å². The molecule has 1 atom stereocenters. The largest absolute Gasteiger partial charge is 0.493 e. The number of hydrogen-bond donors (Lipinski definition) is 1. The highest BCUT2D eigenvalue weighted by molar-refractivity contribution is 5.90. The topological polar surface area (TPSA) is 83.1 Å². The number of amides is 1. The number of halogens is 1. The fourth-order valence-corrected chi connectivity index (χ4v) is 3.23. The summed E-state index contributed by atoms with van der Waals surface area (Å²) >= 11 is 0. The predicted molar refractivity (Wildman–Crippen MR) is 116 cm³/mol. The number of carbonyl (C=O) groups is 2. The summed E-state index contributed by atoms with van der Waals surface area (Å²) in [5.41, 5.74) is 2.50. The van der Waals surface area contributed by atoms with Gasteiger partial charge in [-0.25, -0.2) is 14.0 Å². The molecule has 1 amide bonds. The maximum absolute atomic E-state index is 13.9. The van der Waals surface area contributed by atoms with Gasteiger partial charge in [0.2, 0.25) is 0 Å². The highest BCUT2D eigenvalue weighted by Gasteiger charge is 2.27. The zero-order chi connectivity index (χ0) is 23.5. The van der Waals surface area contributed by atoms with E-state index in [9.17, 15) is 14.0 Å². The van der Waals surface area contributed by atoms with Gasteiger partial charge in [0, 0.05) is 18.5 Å². The molecule has 0 fully saturated rings. The molecule has 0 aliphatic carbocycles. The lowest BCUT2D eigenvalue weighted by molar-refractivity contribution is 0.0598. The normalized spacial score (nSPS) is 12.2. The second-order valence-electron chi connectivity index (χ2n) is 6.65. The van der Waals surface area contributed by atoms with E-state index in [1.807, 2.05) is 0 Å². The number of hydrogen-bond acceptors (Lipinski definition) is 6. The first-order chi connectivity index (χ1) is 15.4. The summed E-state index contributed by atoms with van der Waals surface area (Å²) in [5, 5.41) is 2.53. The SMILES string of the molecule is C#CC.COC(=O)NCCOC(c1cccc(F)c1)c1cc(C(=O)OC)cc2c1CCO2. The lowest BCUT2D eigenvalue weighted by Crippen LogP contribution is -2.27. The van der Waals surface area contributed by atoms with Crippen molar-refractivity contribution in [1.82, 2.24) is 5.32 Å². The van der Waals surface area contributed by atoms with Crippen molar-refractivity contribution in [3.8, 4) is 18.1 Å². The van der Waals surface area contributed by atoms with E-state index >= 15 is 0 Å². The van der Waals surface area contributed by atoms with Crippen LogP contribution in [0, 0.1) is 18.2 Å². The van der Waals surface area contributed by atoms with E-state index in [0.717, 1.165) is 5.56 Å². The lowest BCUT2D eigenvalue weighted by Gasteiger charge is -2.22. The number of carbonyl (C=O) groups excluding carboxylic acids is 2. The third kappa shape index (κ3) is 6.46. The van der Waals surface area contributed by atoms with Crippen molar-refractivity contribution in [3.05, 3.63) is 64.5 Å². The summed E-state index contributed by atoms with van der Waals surface area (Å²) < 4.78 is 34.9. The van der Waals surface area contributed by atoms with Gasteiger partial charge in [0.1, 0.15) is 17.7 Å². The van der Waals surface area contributed by atoms with E-state index in [1.165, 1.54) is 26.4 Å². The average molecular weight is 443 g/mol. The Bertz CT molecular complexity index is 985. The van der Waals surface area contributed by atoms with E-state index in [-0.39, 0.29) is 13.2 Å². The molecule has 2 aromatic carbocycles. The standard InChI is InChI=1S/C21H22FNO6.C3H4/c1-26-20(24)14-11-17(16-6-8-28-18(16)12-14)19(13-4-3-5-15(22)10-13)29-9-7-23-21(25)27-2;1-3-2/h3-5,10-12,19H,6-9H2,1-2H3,(H,23,25);1H,2H3. The Morgan fingerprint density at radius 2 is 2.00 bits per heavy atom. The van der Waals surface area contributed by atoms with Crippen molar-refractivity contribution in [2.75, 3.05) is 34.0 Å². The molecule has 1 unspecified atom stereocenters. The lowest BCUT2D eigenvalue weighted by atomic mass is 9.93. The minimum atomic E-state index is -0.662. The minimum absolute atomic E-state index is 0.147. The molecule has 7 nitrogen and oxygen atoms in total. The molecule has 0 radical (unpaired) electrons. The van der Waals surface area contributed by atoms with Crippen LogP contribution in [0.15, 0.2) is 36.4 Å². The molecule has 2 aromatic rings. The number of alkyl carbamates (subject to hydrolysis) is 1. The first-order valence-corrected chi connectivity index (χ1v) is 9.89. The number of fused-ring (bicyclic) bond motifs is 1. The Labute approximate surface area is 186 Å². The Balaban J connectivity index is 0.00000114. The highest BCUT2D eigenvalue weighted by atomic mass is 19.1. The van der Waals surface area contributed by atoms with Gasteiger partial charge in [-0.2, -0.15) is 0 Å². The third-order valence-corrected chi connectivity index (χ3v) is 4.55. The fraction of sp³-hybridized carbons (Fsp3) is 0.333. The van der Waals surface area contributed by atoms with Crippen LogP contribution < -0.4 is 10.1 Å². The summed E-state index contributed by atoms with van der Waals surface area (Å²) in [6.45, 7) is 2.48. The molecule has 3 rings (SSSR count). The van der Waals surface area contributed by atoms with Crippen LogP contribution in [0.4, 0.5) is 9.18 Å².